The molecule has 4 nitrogen and oxygen atoms in total. The zero-order valence-corrected chi connectivity index (χ0v) is 9.44. The molecule has 1 aromatic carbocycles. The third-order valence-electron chi connectivity index (χ3n) is 2.30. The number of hydrogen-bond donors (Lipinski definition) is 2. The van der Waals surface area contributed by atoms with Crippen LogP contribution in [0.3, 0.4) is 0 Å². The van der Waals surface area contributed by atoms with Crippen molar-refractivity contribution in [2.24, 2.45) is 0 Å². The van der Waals surface area contributed by atoms with Gasteiger partial charge in [0, 0.05) is 0 Å². The van der Waals surface area contributed by atoms with Crippen molar-refractivity contribution in [2.45, 2.75) is 25.8 Å². The third-order valence-corrected chi connectivity index (χ3v) is 2.30. The van der Waals surface area contributed by atoms with E-state index in [2.05, 4.69) is 5.32 Å². The molecule has 5 heteroatoms. The minimum atomic E-state index is -1.11. The predicted molar refractivity (Wildman–Crippen MR) is 60.2 cm³/mol. The number of carbonyl (C=O) groups excluding carboxylic acids is 1. The Labute approximate surface area is 98.5 Å². The maximum absolute atomic E-state index is 13.3. The second-order valence-electron chi connectivity index (χ2n) is 3.63. The quantitative estimate of drug-likeness (QED) is 0.823. The van der Waals surface area contributed by atoms with Gasteiger partial charge in [0.05, 0.1) is 5.56 Å². The molecule has 0 spiro atoms. The molecule has 0 saturated carbocycles. The van der Waals surface area contributed by atoms with Crippen LogP contribution in [0.2, 0.25) is 0 Å². The number of carbonyl (C=O) groups is 2. The molecule has 0 saturated heterocycles. The molecule has 2 N–H and O–H groups in total. The normalized spacial score (nSPS) is 11.9. The first-order valence-electron chi connectivity index (χ1n) is 5.34. The van der Waals surface area contributed by atoms with E-state index in [4.69, 9.17) is 5.11 Å². The van der Waals surface area contributed by atoms with Crippen LogP contribution < -0.4 is 5.32 Å². The van der Waals surface area contributed by atoms with Gasteiger partial charge in [-0.05, 0) is 18.6 Å². The van der Waals surface area contributed by atoms with Crippen molar-refractivity contribution in [1.29, 1.82) is 0 Å². The molecule has 0 heterocycles. The van der Waals surface area contributed by atoms with Crippen molar-refractivity contribution >= 4 is 11.9 Å². The number of carboxylic acid groups (broad SMARTS) is 1. The van der Waals surface area contributed by atoms with E-state index in [1.807, 2.05) is 6.92 Å². The fourth-order valence-electron chi connectivity index (χ4n) is 1.43. The summed E-state index contributed by atoms with van der Waals surface area (Å²) in [6.07, 6.45) is 0.935. The van der Waals surface area contributed by atoms with Gasteiger partial charge >= 0.3 is 5.97 Å². The van der Waals surface area contributed by atoms with Crippen molar-refractivity contribution in [3.63, 3.8) is 0 Å². The van der Waals surface area contributed by atoms with Crippen LogP contribution in [-0.4, -0.2) is 23.0 Å². The summed E-state index contributed by atoms with van der Waals surface area (Å²) in [7, 11) is 0. The van der Waals surface area contributed by atoms with Crippen LogP contribution in [0, 0.1) is 5.82 Å². The SMILES string of the molecule is CCC[C@@H](NC(=O)c1ccccc1F)C(=O)O. The predicted octanol–water partition coefficient (Wildman–Crippen LogP) is 1.81. The second-order valence-corrected chi connectivity index (χ2v) is 3.63. The molecule has 0 radical (unpaired) electrons. The highest BCUT2D eigenvalue weighted by atomic mass is 19.1. The molecule has 0 bridgehead atoms. The van der Waals surface area contributed by atoms with Crippen molar-refractivity contribution in [2.75, 3.05) is 0 Å². The number of carboxylic acids is 1. The Hall–Kier alpha value is -1.91. The van der Waals surface area contributed by atoms with Crippen LogP contribution in [0.5, 0.6) is 0 Å². The number of rotatable bonds is 5. The average molecular weight is 239 g/mol. The minimum Gasteiger partial charge on any atom is -0.480 e. The van der Waals surface area contributed by atoms with E-state index in [1.54, 1.807) is 0 Å². The smallest absolute Gasteiger partial charge is 0.326 e. The number of aliphatic carboxylic acids is 1. The Kier molecular flexibility index (Phi) is 4.63. The van der Waals surface area contributed by atoms with Crippen LogP contribution >= 0.6 is 0 Å². The lowest BCUT2D eigenvalue weighted by molar-refractivity contribution is -0.139. The lowest BCUT2D eigenvalue weighted by atomic mass is 10.1. The topological polar surface area (TPSA) is 66.4 Å². The highest BCUT2D eigenvalue weighted by molar-refractivity contribution is 5.96. The maximum Gasteiger partial charge on any atom is 0.326 e. The highest BCUT2D eigenvalue weighted by Crippen LogP contribution is 2.07. The van der Waals surface area contributed by atoms with Crippen LogP contribution in [0.25, 0.3) is 0 Å². The fraction of sp³-hybridized carbons (Fsp3) is 0.333. The van der Waals surface area contributed by atoms with Gasteiger partial charge in [0.1, 0.15) is 11.9 Å². The van der Waals surface area contributed by atoms with Gasteiger partial charge in [0.2, 0.25) is 0 Å². The van der Waals surface area contributed by atoms with Gasteiger partial charge in [-0.2, -0.15) is 0 Å². The summed E-state index contributed by atoms with van der Waals surface area (Å²) >= 11 is 0. The highest BCUT2D eigenvalue weighted by Gasteiger charge is 2.20. The van der Waals surface area contributed by atoms with Gasteiger partial charge in [-0.15, -0.1) is 0 Å². The van der Waals surface area contributed by atoms with Crippen molar-refractivity contribution in [1.82, 2.24) is 5.32 Å². The Morgan fingerprint density at radius 1 is 1.41 bits per heavy atom. The first-order chi connectivity index (χ1) is 8.06. The van der Waals surface area contributed by atoms with E-state index in [0.29, 0.717) is 12.8 Å². The standard InChI is InChI=1S/C12H14FNO3/c1-2-5-10(12(16)17)14-11(15)8-6-3-4-7-9(8)13/h3-4,6-7,10H,2,5H2,1H3,(H,14,15)(H,16,17)/t10-/m1/s1. The molecule has 0 fully saturated rings. The minimum absolute atomic E-state index is 0.144. The molecule has 0 aromatic heterocycles. The van der Waals surface area contributed by atoms with Crippen LogP contribution in [0.1, 0.15) is 30.1 Å². The van der Waals surface area contributed by atoms with Gasteiger partial charge in [-0.25, -0.2) is 9.18 Å². The molecular formula is C12H14FNO3. The lowest BCUT2D eigenvalue weighted by Gasteiger charge is -2.13. The Bertz CT molecular complexity index is 420. The summed E-state index contributed by atoms with van der Waals surface area (Å²) in [4.78, 5) is 22.5. The molecule has 0 unspecified atom stereocenters. The van der Waals surface area contributed by atoms with E-state index >= 15 is 0 Å². The van der Waals surface area contributed by atoms with E-state index in [9.17, 15) is 14.0 Å². The molecule has 1 rings (SSSR count). The largest absolute Gasteiger partial charge is 0.480 e. The van der Waals surface area contributed by atoms with Crippen molar-refractivity contribution < 1.29 is 19.1 Å². The first-order valence-corrected chi connectivity index (χ1v) is 5.34. The summed E-state index contributed by atoms with van der Waals surface area (Å²) in [5, 5.41) is 11.2. The molecule has 0 aliphatic carbocycles. The average Bonchev–Trinajstić information content (AvgIpc) is 2.28. The number of hydrogen-bond acceptors (Lipinski definition) is 2. The zero-order valence-electron chi connectivity index (χ0n) is 9.44. The Balaban J connectivity index is 2.77. The molecule has 1 aromatic rings. The fourth-order valence-corrected chi connectivity index (χ4v) is 1.43. The van der Waals surface area contributed by atoms with Gasteiger partial charge in [0.15, 0.2) is 0 Å². The molecule has 0 aliphatic rings. The number of benzene rings is 1. The van der Waals surface area contributed by atoms with E-state index in [1.165, 1.54) is 18.2 Å². The Morgan fingerprint density at radius 2 is 2.06 bits per heavy atom. The van der Waals surface area contributed by atoms with Crippen molar-refractivity contribution in [3.8, 4) is 0 Å². The van der Waals surface area contributed by atoms with E-state index < -0.39 is 23.7 Å². The number of halogens is 1. The Morgan fingerprint density at radius 3 is 2.59 bits per heavy atom. The third kappa shape index (κ3) is 3.55. The van der Waals surface area contributed by atoms with Crippen LogP contribution in [-0.2, 0) is 4.79 Å². The molecule has 17 heavy (non-hydrogen) atoms. The molecular weight excluding hydrogens is 225 g/mol. The van der Waals surface area contributed by atoms with Gasteiger partial charge in [-0.1, -0.05) is 25.5 Å². The van der Waals surface area contributed by atoms with Gasteiger partial charge < -0.3 is 10.4 Å². The molecule has 92 valence electrons. The van der Waals surface area contributed by atoms with Gasteiger partial charge in [0.25, 0.3) is 5.91 Å². The summed E-state index contributed by atoms with van der Waals surface area (Å²) in [6.45, 7) is 1.81. The monoisotopic (exact) mass is 239 g/mol. The second kappa shape index (κ2) is 5.98. The number of amides is 1. The van der Waals surface area contributed by atoms with E-state index in [0.717, 1.165) is 6.07 Å². The number of nitrogens with one attached hydrogen (secondary N) is 1. The van der Waals surface area contributed by atoms with Crippen LogP contribution in [0.15, 0.2) is 24.3 Å². The summed E-state index contributed by atoms with van der Waals surface area (Å²) in [6, 6.07) is 4.48. The van der Waals surface area contributed by atoms with Crippen molar-refractivity contribution in [3.05, 3.63) is 35.6 Å². The van der Waals surface area contributed by atoms with Crippen LogP contribution in [0.4, 0.5) is 4.39 Å². The van der Waals surface area contributed by atoms with E-state index in [-0.39, 0.29) is 5.56 Å². The maximum atomic E-state index is 13.3. The molecule has 1 amide bonds. The summed E-state index contributed by atoms with van der Waals surface area (Å²) in [5.74, 6) is -2.48. The lowest BCUT2D eigenvalue weighted by Crippen LogP contribution is -2.40. The van der Waals surface area contributed by atoms with Gasteiger partial charge in [-0.3, -0.25) is 4.79 Å². The first kappa shape index (κ1) is 13.2. The summed E-state index contributed by atoms with van der Waals surface area (Å²) in [5.41, 5.74) is -0.144. The summed E-state index contributed by atoms with van der Waals surface area (Å²) < 4.78 is 13.3. The zero-order chi connectivity index (χ0) is 12.8. The molecule has 1 atom stereocenters. The molecule has 0 aliphatic heterocycles.